The van der Waals surface area contributed by atoms with Crippen molar-refractivity contribution < 1.29 is 18.3 Å². The molecule has 0 atom stereocenters. The van der Waals surface area contributed by atoms with E-state index < -0.39 is 12.1 Å². The quantitative estimate of drug-likeness (QED) is 0.568. The van der Waals surface area contributed by atoms with Gasteiger partial charge in [-0.15, -0.1) is 0 Å². The molecule has 2 aliphatic rings. The van der Waals surface area contributed by atoms with E-state index in [1.54, 1.807) is 28.9 Å². The van der Waals surface area contributed by atoms with E-state index in [1.165, 1.54) is 0 Å². The minimum absolute atomic E-state index is 0.136. The van der Waals surface area contributed by atoms with Gasteiger partial charge in [-0.3, -0.25) is 0 Å². The fourth-order valence-electron chi connectivity index (χ4n) is 5.30. The van der Waals surface area contributed by atoms with Crippen LogP contribution in [0.3, 0.4) is 0 Å². The molecule has 10 heteroatoms. The van der Waals surface area contributed by atoms with Crippen LogP contribution in [0.4, 0.5) is 19.0 Å². The number of anilines is 1. The van der Waals surface area contributed by atoms with Crippen LogP contribution in [0.5, 0.6) is 5.75 Å². The van der Waals surface area contributed by atoms with E-state index in [0.29, 0.717) is 35.2 Å². The predicted molar refractivity (Wildman–Crippen MR) is 125 cm³/mol. The van der Waals surface area contributed by atoms with Crippen LogP contribution in [-0.4, -0.2) is 63.8 Å². The Labute approximate surface area is 197 Å². The lowest BCUT2D eigenvalue weighted by Crippen LogP contribution is -2.46. The highest BCUT2D eigenvalue weighted by Gasteiger charge is 2.42. The molecule has 34 heavy (non-hydrogen) atoms. The van der Waals surface area contributed by atoms with Crippen LogP contribution >= 0.6 is 0 Å². The number of aromatic hydroxyl groups is 1. The van der Waals surface area contributed by atoms with E-state index in [4.69, 9.17) is 7.85 Å². The molecule has 5 rings (SSSR count). The van der Waals surface area contributed by atoms with Gasteiger partial charge in [0.25, 0.3) is 0 Å². The molecule has 2 fully saturated rings. The molecule has 1 aliphatic heterocycles. The van der Waals surface area contributed by atoms with Gasteiger partial charge in [0, 0.05) is 43.0 Å². The summed E-state index contributed by atoms with van der Waals surface area (Å²) in [5.74, 6) is -0.266. The van der Waals surface area contributed by atoms with Crippen LogP contribution in [0.2, 0.25) is 0 Å². The number of halogens is 3. The molecular formula is C24H27BF3N5O. The van der Waals surface area contributed by atoms with Gasteiger partial charge in [-0.05, 0) is 56.1 Å². The van der Waals surface area contributed by atoms with Crippen molar-refractivity contribution in [3.05, 3.63) is 36.5 Å². The highest BCUT2D eigenvalue weighted by molar-refractivity contribution is 6.36. The van der Waals surface area contributed by atoms with Gasteiger partial charge in [0.1, 0.15) is 19.4 Å². The minimum atomic E-state index is -4.07. The molecule has 0 amide bonds. The summed E-state index contributed by atoms with van der Waals surface area (Å²) in [7, 11) is 6.09. The number of phenolic OH excluding ortho intramolecular Hbond substituents is 1. The van der Waals surface area contributed by atoms with Crippen molar-refractivity contribution in [3.63, 3.8) is 0 Å². The number of para-hydroxylation sites is 1. The van der Waals surface area contributed by atoms with Crippen molar-refractivity contribution >= 4 is 24.8 Å². The number of likely N-dealkylation sites (tertiary alicyclic amines) is 1. The summed E-state index contributed by atoms with van der Waals surface area (Å²) in [6, 6.07) is 9.31. The molecule has 0 spiro atoms. The van der Waals surface area contributed by atoms with Crippen molar-refractivity contribution in [2.24, 2.45) is 5.92 Å². The van der Waals surface area contributed by atoms with Crippen molar-refractivity contribution in [1.29, 1.82) is 0 Å². The van der Waals surface area contributed by atoms with Gasteiger partial charge in [-0.2, -0.15) is 22.8 Å². The number of piperidine rings is 1. The molecular weight excluding hydrogens is 442 g/mol. The lowest BCUT2D eigenvalue weighted by atomic mass is 9.84. The maximum atomic E-state index is 13.0. The summed E-state index contributed by atoms with van der Waals surface area (Å²) in [5, 5.41) is 18.2. The molecule has 1 saturated carbocycles. The lowest BCUT2D eigenvalue weighted by Gasteiger charge is -2.41. The van der Waals surface area contributed by atoms with Crippen LogP contribution in [0.25, 0.3) is 16.9 Å². The number of hydrogen-bond donors (Lipinski definition) is 2. The third-order valence-electron chi connectivity index (χ3n) is 7.24. The number of aromatic nitrogens is 3. The van der Waals surface area contributed by atoms with Crippen molar-refractivity contribution in [2.45, 2.75) is 56.8 Å². The first-order chi connectivity index (χ1) is 16.3. The molecule has 0 bridgehead atoms. The highest BCUT2D eigenvalue weighted by atomic mass is 19.4. The molecule has 0 unspecified atom stereocenters. The van der Waals surface area contributed by atoms with Gasteiger partial charge in [0.05, 0.1) is 11.6 Å². The van der Waals surface area contributed by atoms with Crippen molar-refractivity contribution in [3.8, 4) is 17.0 Å². The van der Waals surface area contributed by atoms with Crippen LogP contribution < -0.4 is 10.8 Å². The summed E-state index contributed by atoms with van der Waals surface area (Å²) < 4.78 is 40.6. The Morgan fingerprint density at radius 2 is 1.74 bits per heavy atom. The number of fused-ring (bicyclic) bond motifs is 1. The first-order valence-electron chi connectivity index (χ1n) is 11.8. The summed E-state index contributed by atoms with van der Waals surface area (Å²) in [4.78, 5) is 6.96. The average molecular weight is 469 g/mol. The first-order valence-corrected chi connectivity index (χ1v) is 11.8. The Hall–Kier alpha value is -2.75. The van der Waals surface area contributed by atoms with Crippen molar-refractivity contribution in [2.75, 3.05) is 18.4 Å². The van der Waals surface area contributed by atoms with Crippen LogP contribution in [-0.2, 0) is 0 Å². The van der Waals surface area contributed by atoms with Crippen molar-refractivity contribution in [1.82, 2.24) is 19.5 Å². The van der Waals surface area contributed by atoms with E-state index >= 15 is 0 Å². The number of nitrogens with zero attached hydrogens (tertiary/aromatic N) is 4. The van der Waals surface area contributed by atoms with E-state index in [2.05, 4.69) is 20.3 Å². The van der Waals surface area contributed by atoms with Gasteiger partial charge >= 0.3 is 6.18 Å². The molecule has 3 aromatic rings. The van der Waals surface area contributed by atoms with Gasteiger partial charge in [-0.25, -0.2) is 4.98 Å². The van der Waals surface area contributed by atoms with Crippen LogP contribution in [0.15, 0.2) is 36.5 Å². The Bertz CT molecular complexity index is 1150. The normalized spacial score (nSPS) is 22.8. The number of phenols is 1. The van der Waals surface area contributed by atoms with Crippen LogP contribution in [0.1, 0.15) is 38.5 Å². The van der Waals surface area contributed by atoms with E-state index in [-0.39, 0.29) is 30.7 Å². The average Bonchev–Trinajstić information content (AvgIpc) is 3.20. The standard InChI is InChI=1S/C24H27BF3N5O/c25-19-14-29-33-22(13-20(31-23(19)33)18-3-1-2-4-21(18)34)30-16-9-11-32(12-10-16)17-7-5-15(6-8-17)24(26,27)28/h1-4,13-17,30,34H,5-12H2. The Morgan fingerprint density at radius 3 is 2.41 bits per heavy atom. The zero-order valence-electron chi connectivity index (χ0n) is 18.8. The zero-order valence-corrected chi connectivity index (χ0v) is 18.8. The first kappa shape index (κ1) is 23.0. The SMILES string of the molecule is [B]c1cnn2c(NC3CCN(C4CCC(C(F)(F)F)CC4)CC3)cc(-c3ccccc3O)nc12. The second-order valence-corrected chi connectivity index (χ2v) is 9.38. The molecule has 1 aromatic carbocycles. The molecule has 1 saturated heterocycles. The summed E-state index contributed by atoms with van der Waals surface area (Å²) in [5.41, 5.74) is 2.17. The lowest BCUT2D eigenvalue weighted by molar-refractivity contribution is -0.184. The van der Waals surface area contributed by atoms with Gasteiger partial charge in [0.15, 0.2) is 5.65 Å². The number of alkyl halides is 3. The largest absolute Gasteiger partial charge is 0.507 e. The van der Waals surface area contributed by atoms with Gasteiger partial charge < -0.3 is 15.3 Å². The summed E-state index contributed by atoms with van der Waals surface area (Å²) >= 11 is 0. The molecule has 178 valence electrons. The predicted octanol–water partition coefficient (Wildman–Crippen LogP) is 3.89. The highest BCUT2D eigenvalue weighted by Crippen LogP contribution is 2.39. The molecule has 2 N–H and O–H groups in total. The van der Waals surface area contributed by atoms with Gasteiger partial charge in [-0.1, -0.05) is 12.1 Å². The second kappa shape index (κ2) is 9.13. The van der Waals surface area contributed by atoms with E-state index in [0.717, 1.165) is 31.7 Å². The minimum Gasteiger partial charge on any atom is -0.507 e. The monoisotopic (exact) mass is 469 g/mol. The van der Waals surface area contributed by atoms with Gasteiger partial charge in [0.2, 0.25) is 0 Å². The summed E-state index contributed by atoms with van der Waals surface area (Å²) in [6.07, 6.45) is 0.949. The molecule has 6 nitrogen and oxygen atoms in total. The number of benzene rings is 1. The molecule has 3 heterocycles. The maximum absolute atomic E-state index is 13.0. The molecule has 1 aliphatic carbocycles. The van der Waals surface area contributed by atoms with E-state index in [9.17, 15) is 18.3 Å². The Kier molecular flexibility index (Phi) is 6.18. The second-order valence-electron chi connectivity index (χ2n) is 9.38. The summed E-state index contributed by atoms with van der Waals surface area (Å²) in [6.45, 7) is 1.70. The topological polar surface area (TPSA) is 65.7 Å². The Balaban J connectivity index is 1.27. The third-order valence-corrected chi connectivity index (χ3v) is 7.24. The fraction of sp³-hybridized carbons (Fsp3) is 0.500. The zero-order chi connectivity index (χ0) is 23.9. The number of rotatable bonds is 4. The number of nitrogens with one attached hydrogen (secondary N) is 1. The fourth-order valence-corrected chi connectivity index (χ4v) is 5.30. The third kappa shape index (κ3) is 4.60. The molecule has 2 radical (unpaired) electrons. The smallest absolute Gasteiger partial charge is 0.391 e. The number of hydrogen-bond acceptors (Lipinski definition) is 5. The van der Waals surface area contributed by atoms with Crippen LogP contribution in [0, 0.1) is 5.92 Å². The van der Waals surface area contributed by atoms with E-state index in [1.807, 2.05) is 12.1 Å². The maximum Gasteiger partial charge on any atom is 0.391 e. The molecule has 2 aromatic heterocycles. The Morgan fingerprint density at radius 1 is 1.03 bits per heavy atom.